The van der Waals surface area contributed by atoms with Gasteiger partial charge in [-0.1, -0.05) is 44.7 Å². The van der Waals surface area contributed by atoms with Gasteiger partial charge in [0.25, 0.3) is 0 Å². The molecule has 196 valence electrons. The monoisotopic (exact) mass is 493 g/mol. The predicted molar refractivity (Wildman–Crippen MR) is 131 cm³/mol. The zero-order valence-corrected chi connectivity index (χ0v) is 20.7. The van der Waals surface area contributed by atoms with Gasteiger partial charge in [0.2, 0.25) is 17.7 Å². The molecule has 2 bridgehead atoms. The smallest absolute Gasteiger partial charge is 0.247 e. The summed E-state index contributed by atoms with van der Waals surface area (Å²) < 4.78 is 18.0. The van der Waals surface area contributed by atoms with Gasteiger partial charge in [-0.25, -0.2) is 5.48 Å². The van der Waals surface area contributed by atoms with Crippen LogP contribution in [0.1, 0.15) is 70.3 Å². The number of hydroxylamine groups is 1. The maximum Gasteiger partial charge on any atom is 0.247 e. The molecule has 0 unspecified atom stereocenters. The van der Waals surface area contributed by atoms with Crippen molar-refractivity contribution in [3.05, 3.63) is 29.8 Å². The van der Waals surface area contributed by atoms with E-state index in [4.69, 9.17) is 4.74 Å². The van der Waals surface area contributed by atoms with Crippen molar-refractivity contribution in [1.82, 2.24) is 16.1 Å². The van der Waals surface area contributed by atoms with Gasteiger partial charge < -0.3 is 15.4 Å². The lowest BCUT2D eigenvalue weighted by molar-refractivity contribution is -0.141. The van der Waals surface area contributed by atoms with Crippen molar-refractivity contribution in [3.63, 3.8) is 0 Å². The highest BCUT2D eigenvalue weighted by Crippen LogP contribution is 2.25. The topological polar surface area (TPSA) is 117 Å². The summed E-state index contributed by atoms with van der Waals surface area (Å²) in [4.78, 5) is 39.0. The van der Waals surface area contributed by atoms with Crippen molar-refractivity contribution < 1.29 is 28.7 Å². The summed E-state index contributed by atoms with van der Waals surface area (Å²) in [5.41, 5.74) is 2.58. The van der Waals surface area contributed by atoms with Crippen LogP contribution in [0.4, 0.5) is 4.39 Å². The molecule has 2 aliphatic heterocycles. The Labute approximate surface area is 207 Å². The van der Waals surface area contributed by atoms with Crippen LogP contribution < -0.4 is 20.9 Å². The quantitative estimate of drug-likeness (QED) is 0.214. The second-order valence-corrected chi connectivity index (χ2v) is 9.13. The first-order valence-corrected chi connectivity index (χ1v) is 12.8. The molecule has 0 aromatic heterocycles. The molecule has 8 nitrogen and oxygen atoms in total. The van der Waals surface area contributed by atoms with Gasteiger partial charge in [-0.3, -0.25) is 24.0 Å². The van der Waals surface area contributed by atoms with Crippen LogP contribution >= 0.6 is 0 Å². The minimum atomic E-state index is -0.815. The lowest BCUT2D eigenvalue weighted by atomic mass is 9.83. The number of alkyl halides is 1. The van der Waals surface area contributed by atoms with E-state index in [9.17, 15) is 24.0 Å². The number of fused-ring (bicyclic) bond motifs is 11. The van der Waals surface area contributed by atoms with Crippen LogP contribution in [0.5, 0.6) is 5.75 Å². The SMILES string of the molecule is CCCC[C@H]1C(=O)N[C@H](C(=O)NCCCCCCF)Cc2ccc(cc2)OCCC[C@@H]1C(=O)NO. The summed E-state index contributed by atoms with van der Waals surface area (Å²) in [6, 6.07) is 6.59. The first-order valence-electron chi connectivity index (χ1n) is 12.8. The molecule has 4 N–H and O–H groups in total. The number of ether oxygens (including phenoxy) is 1. The second kappa shape index (κ2) is 16.1. The Bertz CT molecular complexity index is 790. The largest absolute Gasteiger partial charge is 0.494 e. The Balaban J connectivity index is 2.22. The number of unbranched alkanes of at least 4 members (excludes halogenated alkanes) is 4. The van der Waals surface area contributed by atoms with Crippen molar-refractivity contribution >= 4 is 17.7 Å². The van der Waals surface area contributed by atoms with Gasteiger partial charge in [0.15, 0.2) is 0 Å². The molecule has 35 heavy (non-hydrogen) atoms. The summed E-state index contributed by atoms with van der Waals surface area (Å²) in [6.07, 6.45) is 6.08. The molecule has 0 fully saturated rings. The third kappa shape index (κ3) is 9.84. The number of amides is 3. The van der Waals surface area contributed by atoms with Gasteiger partial charge in [0.1, 0.15) is 11.8 Å². The third-order valence-corrected chi connectivity index (χ3v) is 6.42. The van der Waals surface area contributed by atoms with E-state index in [0.29, 0.717) is 44.6 Å². The van der Waals surface area contributed by atoms with Crippen LogP contribution in [0.3, 0.4) is 0 Å². The number of nitrogens with one attached hydrogen (secondary N) is 3. The molecule has 0 saturated heterocycles. The maximum atomic E-state index is 13.4. The van der Waals surface area contributed by atoms with Crippen molar-refractivity contribution in [2.45, 2.75) is 77.2 Å². The minimum absolute atomic E-state index is 0.289. The Morgan fingerprint density at radius 2 is 1.86 bits per heavy atom. The first kappa shape index (κ1) is 28.6. The highest BCUT2D eigenvalue weighted by atomic mass is 19.1. The molecule has 2 aliphatic rings. The fourth-order valence-electron chi connectivity index (χ4n) is 4.38. The van der Waals surface area contributed by atoms with Crippen LogP contribution in [-0.2, 0) is 20.8 Å². The van der Waals surface area contributed by atoms with Crippen molar-refractivity contribution in [2.75, 3.05) is 19.8 Å². The van der Waals surface area contributed by atoms with E-state index in [1.807, 2.05) is 31.2 Å². The molecule has 1 aromatic rings. The Morgan fingerprint density at radius 3 is 2.54 bits per heavy atom. The number of rotatable bonds is 11. The number of benzene rings is 1. The molecule has 0 aliphatic carbocycles. The first-order chi connectivity index (χ1) is 17.0. The van der Waals surface area contributed by atoms with Crippen LogP contribution in [0.2, 0.25) is 0 Å². The van der Waals surface area contributed by atoms with Crippen LogP contribution in [-0.4, -0.2) is 48.8 Å². The Morgan fingerprint density at radius 1 is 1.11 bits per heavy atom. The molecule has 0 spiro atoms. The van der Waals surface area contributed by atoms with Crippen molar-refractivity contribution in [1.29, 1.82) is 0 Å². The summed E-state index contributed by atoms with van der Waals surface area (Å²) in [5, 5.41) is 15.1. The van der Waals surface area contributed by atoms with Crippen LogP contribution in [0.25, 0.3) is 0 Å². The zero-order chi connectivity index (χ0) is 25.5. The van der Waals surface area contributed by atoms with E-state index < -0.39 is 23.8 Å². The summed E-state index contributed by atoms with van der Waals surface area (Å²) in [7, 11) is 0. The van der Waals surface area contributed by atoms with E-state index in [2.05, 4.69) is 10.6 Å². The second-order valence-electron chi connectivity index (χ2n) is 9.13. The van der Waals surface area contributed by atoms with Crippen molar-refractivity contribution in [3.8, 4) is 5.75 Å². The molecule has 3 rings (SSSR count). The predicted octanol–water partition coefficient (Wildman–Crippen LogP) is 3.46. The lowest BCUT2D eigenvalue weighted by Crippen LogP contribution is -2.51. The fourth-order valence-corrected chi connectivity index (χ4v) is 4.38. The maximum absolute atomic E-state index is 13.4. The number of carbonyl (C=O) groups is 3. The molecule has 1 aromatic carbocycles. The van der Waals surface area contributed by atoms with Gasteiger partial charge in [-0.2, -0.15) is 0 Å². The van der Waals surface area contributed by atoms with E-state index in [1.54, 1.807) is 5.48 Å². The van der Waals surface area contributed by atoms with Gasteiger partial charge in [0.05, 0.1) is 19.2 Å². The fraction of sp³-hybridized carbons (Fsp3) is 0.654. The van der Waals surface area contributed by atoms with E-state index in [-0.39, 0.29) is 24.9 Å². The molecule has 0 radical (unpaired) electrons. The molecule has 0 saturated carbocycles. The van der Waals surface area contributed by atoms with Gasteiger partial charge in [-0.05, 0) is 49.8 Å². The van der Waals surface area contributed by atoms with Crippen LogP contribution in [0, 0.1) is 11.8 Å². The molecular formula is C26H40FN3O5. The zero-order valence-electron chi connectivity index (χ0n) is 20.7. The van der Waals surface area contributed by atoms with Gasteiger partial charge in [0, 0.05) is 18.9 Å². The molecule has 3 amide bonds. The average Bonchev–Trinajstić information content (AvgIpc) is 2.87. The van der Waals surface area contributed by atoms with E-state index in [1.165, 1.54) is 0 Å². The number of halogens is 1. The standard InChI is InChI=1S/C26H40FN3O5/c1-2-3-9-21-22(25(32)30-34)10-8-17-35-20-13-11-19(12-14-20)18-23(29-24(21)31)26(33)28-16-7-5-4-6-15-27/h11-14,21-23,34H,2-10,15-18H2,1H3,(H,28,33)(H,29,31)(H,30,32)/t21-,22+,23+/m1/s1. The molecular weight excluding hydrogens is 453 g/mol. The normalized spacial score (nSPS) is 20.9. The molecule has 9 heteroatoms. The summed E-state index contributed by atoms with van der Waals surface area (Å²) in [6.45, 7) is 2.49. The minimum Gasteiger partial charge on any atom is -0.494 e. The average molecular weight is 494 g/mol. The number of carbonyl (C=O) groups excluding carboxylic acids is 3. The van der Waals surface area contributed by atoms with Gasteiger partial charge in [-0.15, -0.1) is 0 Å². The lowest BCUT2D eigenvalue weighted by Gasteiger charge is -2.28. The summed E-state index contributed by atoms with van der Waals surface area (Å²) >= 11 is 0. The van der Waals surface area contributed by atoms with E-state index in [0.717, 1.165) is 37.7 Å². The Hall–Kier alpha value is -2.68. The van der Waals surface area contributed by atoms with E-state index >= 15 is 0 Å². The molecule has 3 atom stereocenters. The Kier molecular flexibility index (Phi) is 13.1. The summed E-state index contributed by atoms with van der Waals surface area (Å²) in [5.74, 6) is -2.00. The van der Waals surface area contributed by atoms with Crippen LogP contribution in [0.15, 0.2) is 24.3 Å². The number of hydrogen-bond donors (Lipinski definition) is 4. The molecule has 2 heterocycles. The number of hydrogen-bond acceptors (Lipinski definition) is 5. The van der Waals surface area contributed by atoms with Gasteiger partial charge >= 0.3 is 0 Å². The highest BCUT2D eigenvalue weighted by Gasteiger charge is 2.35. The van der Waals surface area contributed by atoms with Crippen molar-refractivity contribution in [2.24, 2.45) is 11.8 Å². The third-order valence-electron chi connectivity index (χ3n) is 6.42. The highest BCUT2D eigenvalue weighted by molar-refractivity contribution is 5.91.